The van der Waals surface area contributed by atoms with Gasteiger partial charge in [-0.05, 0) is 23.6 Å². The Kier molecular flexibility index (Phi) is 3.62. The van der Waals surface area contributed by atoms with Gasteiger partial charge in [0.15, 0.2) is 0 Å². The third kappa shape index (κ3) is 2.63. The minimum Gasteiger partial charge on any atom is -0.352 e. The Balaban J connectivity index is 1.63. The lowest BCUT2D eigenvalue weighted by Gasteiger charge is -2.18. The summed E-state index contributed by atoms with van der Waals surface area (Å²) >= 11 is 0. The number of likely N-dealkylation sites (tertiary alicyclic amines) is 1. The first-order valence-electron chi connectivity index (χ1n) is 8.05. The van der Waals surface area contributed by atoms with E-state index in [9.17, 15) is 9.18 Å². The molecule has 23 heavy (non-hydrogen) atoms. The van der Waals surface area contributed by atoms with E-state index in [1.165, 1.54) is 11.6 Å². The summed E-state index contributed by atoms with van der Waals surface area (Å²) < 4.78 is 14.4. The summed E-state index contributed by atoms with van der Waals surface area (Å²) in [6.07, 6.45) is 0. The van der Waals surface area contributed by atoms with Crippen LogP contribution in [0.25, 0.3) is 0 Å². The average molecular weight is 310 g/mol. The number of hydrogen-bond acceptors (Lipinski definition) is 2. The molecule has 0 saturated carbocycles. The van der Waals surface area contributed by atoms with Crippen LogP contribution in [0.4, 0.5) is 4.39 Å². The highest BCUT2D eigenvalue weighted by atomic mass is 19.1. The Bertz CT molecular complexity index is 731. The monoisotopic (exact) mass is 310 g/mol. The number of nitrogens with one attached hydrogen (secondary N) is 1. The van der Waals surface area contributed by atoms with E-state index in [0.29, 0.717) is 17.7 Å². The number of benzene rings is 2. The normalized spacial score (nSPS) is 23.8. The smallest absolute Gasteiger partial charge is 0.251 e. The molecule has 2 aromatic carbocycles. The number of hydrogen-bond donors (Lipinski definition) is 1. The molecule has 0 bridgehead atoms. The van der Waals surface area contributed by atoms with Crippen molar-refractivity contribution in [1.82, 2.24) is 10.2 Å². The van der Waals surface area contributed by atoms with Gasteiger partial charge in [0.1, 0.15) is 5.82 Å². The molecule has 0 aromatic heterocycles. The lowest BCUT2D eigenvalue weighted by Crippen LogP contribution is -2.29. The van der Waals surface area contributed by atoms with Crippen molar-refractivity contribution in [3.63, 3.8) is 0 Å². The molecule has 2 aromatic rings. The summed E-state index contributed by atoms with van der Waals surface area (Å²) in [6.45, 7) is 3.16. The second-order valence-corrected chi connectivity index (χ2v) is 6.46. The van der Waals surface area contributed by atoms with Crippen LogP contribution in [-0.2, 0) is 6.54 Å². The van der Waals surface area contributed by atoms with Gasteiger partial charge in [-0.25, -0.2) is 4.39 Å². The van der Waals surface area contributed by atoms with E-state index >= 15 is 0 Å². The number of fused-ring (bicyclic) bond motifs is 3. The average Bonchev–Trinajstić information content (AvgIpc) is 2.90. The number of halogens is 1. The van der Waals surface area contributed by atoms with E-state index < -0.39 is 0 Å². The Morgan fingerprint density at radius 1 is 1.09 bits per heavy atom. The molecule has 118 valence electrons. The van der Waals surface area contributed by atoms with Crippen molar-refractivity contribution in [1.29, 1.82) is 0 Å². The maximum absolute atomic E-state index is 14.4. The fourth-order valence-electron chi connectivity index (χ4n) is 3.90. The lowest BCUT2D eigenvalue weighted by atomic mass is 9.87. The second-order valence-electron chi connectivity index (χ2n) is 6.46. The Morgan fingerprint density at radius 3 is 2.74 bits per heavy atom. The molecule has 3 nitrogen and oxygen atoms in total. The molecule has 2 atom stereocenters. The molecule has 1 fully saturated rings. The quantitative estimate of drug-likeness (QED) is 0.925. The molecular formula is C19H19FN2O. The molecule has 0 unspecified atom stereocenters. The van der Waals surface area contributed by atoms with Crippen LogP contribution >= 0.6 is 0 Å². The van der Waals surface area contributed by atoms with Gasteiger partial charge in [0.05, 0.1) is 0 Å². The van der Waals surface area contributed by atoms with E-state index in [1.807, 2.05) is 18.2 Å². The topological polar surface area (TPSA) is 32.3 Å². The summed E-state index contributed by atoms with van der Waals surface area (Å²) in [5.74, 6) is -0.0608. The SMILES string of the molecule is O=C1NC[C@@H]2CN(Cc3ccccc3)C[C@@H]2c2c(F)cccc21. The van der Waals surface area contributed by atoms with Gasteiger partial charge >= 0.3 is 0 Å². The third-order valence-electron chi connectivity index (χ3n) is 4.96. The highest BCUT2D eigenvalue weighted by Crippen LogP contribution is 2.37. The van der Waals surface area contributed by atoms with E-state index in [-0.39, 0.29) is 23.6 Å². The fraction of sp³-hybridized carbons (Fsp3) is 0.316. The Hall–Kier alpha value is -2.20. The number of carbonyl (C=O) groups is 1. The summed E-state index contributed by atoms with van der Waals surface area (Å²) in [4.78, 5) is 14.5. The number of amides is 1. The fourth-order valence-corrected chi connectivity index (χ4v) is 3.90. The minimum atomic E-state index is -0.254. The minimum absolute atomic E-state index is 0.0777. The number of nitrogens with zero attached hydrogens (tertiary/aromatic N) is 1. The maximum Gasteiger partial charge on any atom is 0.251 e. The van der Waals surface area contributed by atoms with Gasteiger partial charge in [-0.1, -0.05) is 36.4 Å². The zero-order valence-electron chi connectivity index (χ0n) is 12.8. The summed E-state index contributed by atoms with van der Waals surface area (Å²) in [6, 6.07) is 15.1. The molecule has 1 saturated heterocycles. The van der Waals surface area contributed by atoms with Crippen molar-refractivity contribution in [2.45, 2.75) is 12.5 Å². The maximum atomic E-state index is 14.4. The van der Waals surface area contributed by atoms with Crippen molar-refractivity contribution in [3.8, 4) is 0 Å². The van der Waals surface area contributed by atoms with Crippen molar-refractivity contribution >= 4 is 5.91 Å². The Morgan fingerprint density at radius 2 is 1.91 bits per heavy atom. The third-order valence-corrected chi connectivity index (χ3v) is 4.96. The molecule has 1 amide bonds. The molecule has 2 aliphatic rings. The van der Waals surface area contributed by atoms with Crippen molar-refractivity contribution in [2.24, 2.45) is 5.92 Å². The van der Waals surface area contributed by atoms with Crippen LogP contribution < -0.4 is 5.32 Å². The molecule has 1 N–H and O–H groups in total. The predicted molar refractivity (Wildman–Crippen MR) is 86.7 cm³/mol. The van der Waals surface area contributed by atoms with Crippen LogP contribution in [0.3, 0.4) is 0 Å². The standard InChI is InChI=1S/C19H19FN2O/c20-17-8-4-7-15-18(17)16-12-22(10-13-5-2-1-3-6-13)11-14(16)9-21-19(15)23/h1-8,14,16H,9-12H2,(H,21,23)/t14-,16+/m1/s1. The van der Waals surface area contributed by atoms with Gasteiger partial charge in [-0.3, -0.25) is 9.69 Å². The number of carbonyl (C=O) groups excluding carboxylic acids is 1. The zero-order chi connectivity index (χ0) is 15.8. The molecule has 0 aliphatic carbocycles. The lowest BCUT2D eigenvalue weighted by molar-refractivity contribution is 0.0950. The van der Waals surface area contributed by atoms with Gasteiger partial charge < -0.3 is 5.32 Å². The molecule has 4 heteroatoms. The molecule has 2 aliphatic heterocycles. The first-order chi connectivity index (χ1) is 11.2. The van der Waals surface area contributed by atoms with Crippen LogP contribution in [0.15, 0.2) is 48.5 Å². The van der Waals surface area contributed by atoms with Crippen molar-refractivity contribution in [3.05, 3.63) is 71.0 Å². The molecule has 0 radical (unpaired) electrons. The van der Waals surface area contributed by atoms with E-state index in [0.717, 1.165) is 19.6 Å². The second kappa shape index (κ2) is 5.78. The predicted octanol–water partition coefficient (Wildman–Crippen LogP) is 2.78. The van der Waals surface area contributed by atoms with Crippen LogP contribution in [0, 0.1) is 11.7 Å². The van der Waals surface area contributed by atoms with Crippen LogP contribution in [-0.4, -0.2) is 30.4 Å². The van der Waals surface area contributed by atoms with E-state index in [1.54, 1.807) is 12.1 Å². The molecule has 2 heterocycles. The van der Waals surface area contributed by atoms with Crippen LogP contribution in [0.1, 0.15) is 27.4 Å². The highest BCUT2D eigenvalue weighted by Gasteiger charge is 2.39. The highest BCUT2D eigenvalue weighted by molar-refractivity contribution is 5.96. The van der Waals surface area contributed by atoms with E-state index in [4.69, 9.17) is 0 Å². The van der Waals surface area contributed by atoms with Gasteiger partial charge in [0.25, 0.3) is 5.91 Å². The van der Waals surface area contributed by atoms with Crippen molar-refractivity contribution < 1.29 is 9.18 Å². The van der Waals surface area contributed by atoms with Gasteiger partial charge in [0.2, 0.25) is 0 Å². The zero-order valence-corrected chi connectivity index (χ0v) is 12.8. The first-order valence-corrected chi connectivity index (χ1v) is 8.05. The Labute approximate surface area is 135 Å². The largest absolute Gasteiger partial charge is 0.352 e. The van der Waals surface area contributed by atoms with Gasteiger partial charge in [-0.2, -0.15) is 0 Å². The van der Waals surface area contributed by atoms with Crippen LogP contribution in [0.2, 0.25) is 0 Å². The number of rotatable bonds is 2. The molecule has 0 spiro atoms. The van der Waals surface area contributed by atoms with Crippen molar-refractivity contribution in [2.75, 3.05) is 19.6 Å². The summed E-state index contributed by atoms with van der Waals surface area (Å²) in [5, 5.41) is 2.95. The summed E-state index contributed by atoms with van der Waals surface area (Å²) in [7, 11) is 0. The molecular weight excluding hydrogens is 291 g/mol. The van der Waals surface area contributed by atoms with Gasteiger partial charge in [-0.15, -0.1) is 0 Å². The molecule has 4 rings (SSSR count). The van der Waals surface area contributed by atoms with E-state index in [2.05, 4.69) is 22.3 Å². The first kappa shape index (κ1) is 14.4. The summed E-state index contributed by atoms with van der Waals surface area (Å²) in [5.41, 5.74) is 2.36. The van der Waals surface area contributed by atoms with Crippen LogP contribution in [0.5, 0.6) is 0 Å². The van der Waals surface area contributed by atoms with Gasteiger partial charge in [0, 0.05) is 43.2 Å².